The SMILES string of the molecule is C=C(/C=C(/C)N=C(C)C)N1CCNCC1. The van der Waals surface area contributed by atoms with Crippen LogP contribution in [0, 0.1) is 0 Å². The van der Waals surface area contributed by atoms with Crippen LogP contribution in [0.3, 0.4) is 0 Å². The number of rotatable bonds is 3. The van der Waals surface area contributed by atoms with E-state index < -0.39 is 0 Å². The van der Waals surface area contributed by atoms with Crippen molar-refractivity contribution in [3.8, 4) is 0 Å². The summed E-state index contributed by atoms with van der Waals surface area (Å²) in [5.41, 5.74) is 3.18. The minimum absolute atomic E-state index is 1.03. The van der Waals surface area contributed by atoms with Crippen LogP contribution >= 0.6 is 0 Å². The van der Waals surface area contributed by atoms with Crippen molar-refractivity contribution < 1.29 is 0 Å². The highest BCUT2D eigenvalue weighted by molar-refractivity contribution is 5.80. The molecule has 0 aromatic heterocycles. The maximum Gasteiger partial charge on any atom is 0.0392 e. The number of aliphatic imine (C=N–C) groups is 1. The van der Waals surface area contributed by atoms with Crippen LogP contribution in [0.4, 0.5) is 0 Å². The summed E-state index contributed by atoms with van der Waals surface area (Å²) in [5, 5.41) is 3.32. The molecule has 1 rings (SSSR count). The Kier molecular flexibility index (Phi) is 4.56. The van der Waals surface area contributed by atoms with Gasteiger partial charge in [0.1, 0.15) is 0 Å². The molecule has 0 aromatic rings. The van der Waals surface area contributed by atoms with Crippen LogP contribution in [0.25, 0.3) is 0 Å². The Labute approximate surface area is 92.6 Å². The second-order valence-electron chi connectivity index (χ2n) is 4.07. The van der Waals surface area contributed by atoms with Crippen molar-refractivity contribution >= 4 is 5.71 Å². The zero-order valence-corrected chi connectivity index (χ0v) is 10.0. The van der Waals surface area contributed by atoms with Crippen LogP contribution in [0.15, 0.2) is 29.0 Å². The van der Waals surface area contributed by atoms with E-state index in [0.29, 0.717) is 0 Å². The molecule has 1 heterocycles. The second kappa shape index (κ2) is 5.71. The summed E-state index contributed by atoms with van der Waals surface area (Å²) in [6.07, 6.45) is 2.05. The zero-order valence-electron chi connectivity index (χ0n) is 10.0. The molecule has 1 fully saturated rings. The monoisotopic (exact) mass is 207 g/mol. The van der Waals surface area contributed by atoms with E-state index in [9.17, 15) is 0 Å². The molecule has 0 atom stereocenters. The van der Waals surface area contributed by atoms with Crippen molar-refractivity contribution in [1.29, 1.82) is 0 Å². The smallest absolute Gasteiger partial charge is 0.0392 e. The summed E-state index contributed by atoms with van der Waals surface area (Å²) >= 11 is 0. The Morgan fingerprint density at radius 1 is 1.27 bits per heavy atom. The first-order chi connectivity index (χ1) is 7.09. The number of nitrogens with one attached hydrogen (secondary N) is 1. The lowest BCUT2D eigenvalue weighted by molar-refractivity contribution is 0.308. The van der Waals surface area contributed by atoms with E-state index >= 15 is 0 Å². The van der Waals surface area contributed by atoms with Crippen LogP contribution in [0.1, 0.15) is 20.8 Å². The van der Waals surface area contributed by atoms with E-state index in [1.165, 1.54) is 0 Å². The van der Waals surface area contributed by atoms with E-state index in [2.05, 4.69) is 27.9 Å². The lowest BCUT2D eigenvalue weighted by Gasteiger charge is -2.29. The van der Waals surface area contributed by atoms with Crippen LogP contribution in [0.2, 0.25) is 0 Å². The summed E-state index contributed by atoms with van der Waals surface area (Å²) in [4.78, 5) is 6.68. The van der Waals surface area contributed by atoms with E-state index in [1.54, 1.807) is 0 Å². The van der Waals surface area contributed by atoms with Gasteiger partial charge in [0.25, 0.3) is 0 Å². The topological polar surface area (TPSA) is 27.6 Å². The predicted molar refractivity (Wildman–Crippen MR) is 66.1 cm³/mol. The Morgan fingerprint density at radius 3 is 2.40 bits per heavy atom. The Hall–Kier alpha value is -1.09. The van der Waals surface area contributed by atoms with Crippen LogP contribution in [0.5, 0.6) is 0 Å². The third-order valence-corrected chi connectivity index (χ3v) is 2.30. The van der Waals surface area contributed by atoms with E-state index in [0.717, 1.165) is 43.3 Å². The molecule has 3 heteroatoms. The number of hydrogen-bond acceptors (Lipinski definition) is 3. The second-order valence-corrected chi connectivity index (χ2v) is 4.07. The van der Waals surface area contributed by atoms with Crippen molar-refractivity contribution in [2.24, 2.45) is 4.99 Å². The Morgan fingerprint density at radius 2 is 1.87 bits per heavy atom. The first-order valence-electron chi connectivity index (χ1n) is 5.44. The molecule has 0 radical (unpaired) electrons. The van der Waals surface area contributed by atoms with Gasteiger partial charge >= 0.3 is 0 Å². The number of allylic oxidation sites excluding steroid dienone is 2. The normalized spacial score (nSPS) is 17.5. The van der Waals surface area contributed by atoms with Crippen LogP contribution < -0.4 is 5.32 Å². The molecule has 1 aliphatic heterocycles. The molecular weight excluding hydrogens is 186 g/mol. The standard InChI is InChI=1S/C12H21N3/c1-10(2)14-11(3)9-12(4)15-7-5-13-6-8-15/h9,13H,4-8H2,1-3H3/b11-9-. The van der Waals surface area contributed by atoms with Gasteiger partial charge in [-0.25, -0.2) is 0 Å². The van der Waals surface area contributed by atoms with Crippen molar-refractivity contribution in [2.75, 3.05) is 26.2 Å². The van der Waals surface area contributed by atoms with E-state index in [4.69, 9.17) is 0 Å². The lowest BCUT2D eigenvalue weighted by Crippen LogP contribution is -2.42. The molecule has 0 saturated carbocycles. The molecule has 1 N–H and O–H groups in total. The quantitative estimate of drug-likeness (QED) is 0.564. The Bertz CT molecular complexity index is 279. The molecule has 0 unspecified atom stereocenters. The summed E-state index contributed by atoms with van der Waals surface area (Å²) in [7, 11) is 0. The molecule has 0 amide bonds. The van der Waals surface area contributed by atoms with Gasteiger partial charge in [-0.2, -0.15) is 0 Å². The number of hydrogen-bond donors (Lipinski definition) is 1. The largest absolute Gasteiger partial charge is 0.369 e. The fourth-order valence-electron chi connectivity index (χ4n) is 1.67. The van der Waals surface area contributed by atoms with Gasteiger partial charge in [0.05, 0.1) is 0 Å². The molecule has 1 saturated heterocycles. The third-order valence-electron chi connectivity index (χ3n) is 2.30. The summed E-state index contributed by atoms with van der Waals surface area (Å²) in [6.45, 7) is 14.3. The van der Waals surface area contributed by atoms with Crippen molar-refractivity contribution in [3.63, 3.8) is 0 Å². The molecule has 0 bridgehead atoms. The van der Waals surface area contributed by atoms with Crippen LogP contribution in [-0.2, 0) is 0 Å². The fourth-order valence-corrected chi connectivity index (χ4v) is 1.67. The maximum absolute atomic E-state index is 4.39. The van der Waals surface area contributed by atoms with Crippen molar-refractivity contribution in [3.05, 3.63) is 24.0 Å². The van der Waals surface area contributed by atoms with Gasteiger partial charge in [-0.15, -0.1) is 0 Å². The highest BCUT2D eigenvalue weighted by Gasteiger charge is 2.09. The predicted octanol–water partition coefficient (Wildman–Crippen LogP) is 1.79. The summed E-state index contributed by atoms with van der Waals surface area (Å²) in [5.74, 6) is 0. The number of piperazine rings is 1. The summed E-state index contributed by atoms with van der Waals surface area (Å²) in [6, 6.07) is 0. The lowest BCUT2D eigenvalue weighted by atomic mass is 10.3. The van der Waals surface area contributed by atoms with Gasteiger partial charge in [0.2, 0.25) is 0 Å². The van der Waals surface area contributed by atoms with Crippen LogP contribution in [-0.4, -0.2) is 36.8 Å². The Balaban J connectivity index is 2.56. The van der Waals surface area contributed by atoms with Gasteiger partial charge in [-0.3, -0.25) is 4.99 Å². The van der Waals surface area contributed by atoms with E-state index in [1.807, 2.05) is 20.8 Å². The molecule has 84 valence electrons. The van der Waals surface area contributed by atoms with Gasteiger partial charge in [-0.05, 0) is 26.8 Å². The first kappa shape index (κ1) is 12.0. The zero-order chi connectivity index (χ0) is 11.3. The fraction of sp³-hybridized carbons (Fsp3) is 0.583. The average molecular weight is 207 g/mol. The molecule has 1 aliphatic rings. The van der Waals surface area contributed by atoms with Crippen molar-refractivity contribution in [2.45, 2.75) is 20.8 Å². The molecular formula is C12H21N3. The van der Waals surface area contributed by atoms with Gasteiger partial charge in [0, 0.05) is 43.3 Å². The summed E-state index contributed by atoms with van der Waals surface area (Å²) < 4.78 is 0. The van der Waals surface area contributed by atoms with Gasteiger partial charge in [0.15, 0.2) is 0 Å². The average Bonchev–Trinajstić information content (AvgIpc) is 2.17. The molecule has 3 nitrogen and oxygen atoms in total. The van der Waals surface area contributed by atoms with Crippen molar-refractivity contribution in [1.82, 2.24) is 10.2 Å². The van der Waals surface area contributed by atoms with Gasteiger partial charge in [-0.1, -0.05) is 6.58 Å². The van der Waals surface area contributed by atoms with E-state index in [-0.39, 0.29) is 0 Å². The first-order valence-corrected chi connectivity index (χ1v) is 5.44. The minimum Gasteiger partial charge on any atom is -0.369 e. The molecule has 15 heavy (non-hydrogen) atoms. The van der Waals surface area contributed by atoms with Gasteiger partial charge < -0.3 is 10.2 Å². The molecule has 0 aromatic carbocycles. The minimum atomic E-state index is 1.03. The number of nitrogens with zero attached hydrogens (tertiary/aromatic N) is 2. The molecule has 0 spiro atoms. The molecule has 0 aliphatic carbocycles. The maximum atomic E-state index is 4.39. The third kappa shape index (κ3) is 4.30. The highest BCUT2D eigenvalue weighted by atomic mass is 15.2. The highest BCUT2D eigenvalue weighted by Crippen LogP contribution is 2.08.